The van der Waals surface area contributed by atoms with Crippen molar-refractivity contribution in [3.63, 3.8) is 0 Å². The van der Waals surface area contributed by atoms with Crippen molar-refractivity contribution in [3.05, 3.63) is 41.0 Å². The molecule has 2 heterocycles. The van der Waals surface area contributed by atoms with E-state index < -0.39 is 35.4 Å². The summed E-state index contributed by atoms with van der Waals surface area (Å²) in [6.45, 7) is 9.65. The molecule has 1 aliphatic rings. The van der Waals surface area contributed by atoms with E-state index in [1.54, 1.807) is 11.3 Å². The first-order chi connectivity index (χ1) is 17.9. The molecule has 10 nitrogen and oxygen atoms in total. The van der Waals surface area contributed by atoms with Crippen LogP contribution >= 0.6 is 11.3 Å². The number of ether oxygens (including phenoxy) is 1. The van der Waals surface area contributed by atoms with Crippen molar-refractivity contribution in [2.45, 2.75) is 65.3 Å². The minimum atomic E-state index is -0.905. The molecule has 0 radical (unpaired) electrons. The van der Waals surface area contributed by atoms with Gasteiger partial charge in [0, 0.05) is 19.5 Å². The number of rotatable bonds is 10. The molecular weight excluding hydrogens is 506 g/mol. The largest absolute Gasteiger partial charge is 0.391 e. The Balaban J connectivity index is 1.69. The highest BCUT2D eigenvalue weighted by Crippen LogP contribution is 2.29. The summed E-state index contributed by atoms with van der Waals surface area (Å²) in [5.41, 5.74) is 9.52. The first-order valence-electron chi connectivity index (χ1n) is 12.8. The van der Waals surface area contributed by atoms with Crippen LogP contribution in [-0.2, 0) is 19.1 Å². The molecule has 2 aromatic rings. The highest BCUT2D eigenvalue weighted by Gasteiger charge is 2.44. The van der Waals surface area contributed by atoms with Gasteiger partial charge in [-0.1, -0.05) is 45.0 Å². The number of thiazole rings is 1. The summed E-state index contributed by atoms with van der Waals surface area (Å²) < 4.78 is 5.19. The topological polar surface area (TPSA) is 147 Å². The molecular formula is C27H39N5O5S. The van der Waals surface area contributed by atoms with Crippen molar-refractivity contribution in [1.82, 2.24) is 20.5 Å². The Morgan fingerprint density at radius 2 is 1.92 bits per heavy atom. The third-order valence-corrected chi connectivity index (χ3v) is 7.53. The van der Waals surface area contributed by atoms with E-state index >= 15 is 0 Å². The average Bonchev–Trinajstić information content (AvgIpc) is 3.47. The fourth-order valence-corrected chi connectivity index (χ4v) is 5.28. The Kier molecular flexibility index (Phi) is 10.00. The number of amides is 3. The number of benzene rings is 1. The van der Waals surface area contributed by atoms with Crippen LogP contribution in [-0.4, -0.2) is 77.2 Å². The number of aryl methyl sites for hydroxylation is 1. The molecule has 4 atom stereocenters. The number of nitrogens with zero attached hydrogens (tertiary/aromatic N) is 2. The Hall–Kier alpha value is -2.86. The zero-order chi connectivity index (χ0) is 28.0. The average molecular weight is 546 g/mol. The van der Waals surface area contributed by atoms with Gasteiger partial charge < -0.3 is 31.1 Å². The zero-order valence-corrected chi connectivity index (χ0v) is 23.5. The van der Waals surface area contributed by atoms with Gasteiger partial charge in [0.05, 0.1) is 34.8 Å². The number of hydrogen-bond donors (Lipinski definition) is 4. The van der Waals surface area contributed by atoms with Gasteiger partial charge >= 0.3 is 0 Å². The van der Waals surface area contributed by atoms with Crippen LogP contribution in [0.5, 0.6) is 0 Å². The molecule has 1 aliphatic heterocycles. The smallest absolute Gasteiger partial charge is 0.246 e. The third kappa shape index (κ3) is 7.37. The van der Waals surface area contributed by atoms with Crippen LogP contribution in [0.25, 0.3) is 10.4 Å². The monoisotopic (exact) mass is 545 g/mol. The number of carbonyl (C=O) groups excluding carboxylic acids is 3. The Labute approximate surface area is 228 Å². The van der Waals surface area contributed by atoms with E-state index in [1.165, 1.54) is 4.90 Å². The molecule has 1 aromatic heterocycles. The van der Waals surface area contributed by atoms with Crippen molar-refractivity contribution in [2.24, 2.45) is 11.1 Å². The molecule has 3 amide bonds. The van der Waals surface area contributed by atoms with Crippen LogP contribution in [0.1, 0.15) is 51.4 Å². The van der Waals surface area contributed by atoms with Gasteiger partial charge in [-0.3, -0.25) is 14.4 Å². The highest BCUT2D eigenvalue weighted by atomic mass is 32.1. The summed E-state index contributed by atoms with van der Waals surface area (Å²) in [5, 5.41) is 16.1. The molecule has 1 aromatic carbocycles. The Morgan fingerprint density at radius 3 is 2.50 bits per heavy atom. The number of nitrogens with two attached hydrogens (primary N) is 1. The number of β-amino-alcohol motifs (C(OH)–C–C–N with tert-alkyl or cyclic N) is 1. The van der Waals surface area contributed by atoms with Gasteiger partial charge in [-0.25, -0.2) is 4.98 Å². The quantitative estimate of drug-likeness (QED) is 0.333. The molecule has 0 bridgehead atoms. The number of likely N-dealkylation sites (tertiary alicyclic amines) is 1. The second kappa shape index (κ2) is 12.8. The van der Waals surface area contributed by atoms with Gasteiger partial charge in [0.1, 0.15) is 18.7 Å². The maximum absolute atomic E-state index is 13.6. The standard InChI is InChI=1S/C27H39N5O5S/c1-16(18-6-8-19(9-7-18)23-17(2)29-15-38-23)30-25(35)21-12-20(33)13-32(21)26(36)24(27(3,4)5)31-22(34)14-37-11-10-28/h6-9,15-16,20-21,24,33H,10-14,28H2,1-5H3,(H,30,35)(H,31,34)/t16-,20+,21-,24+/m0/s1. The van der Waals surface area contributed by atoms with Gasteiger partial charge in [-0.05, 0) is 30.4 Å². The lowest BCUT2D eigenvalue weighted by Crippen LogP contribution is -2.58. The Bertz CT molecular complexity index is 1110. The first-order valence-corrected chi connectivity index (χ1v) is 13.7. The fraction of sp³-hybridized carbons (Fsp3) is 0.556. The normalized spacial score (nSPS) is 19.2. The van der Waals surface area contributed by atoms with Crippen molar-refractivity contribution < 1.29 is 24.2 Å². The van der Waals surface area contributed by atoms with E-state index in [0.717, 1.165) is 21.7 Å². The predicted octanol–water partition coefficient (Wildman–Crippen LogP) is 1.76. The third-order valence-electron chi connectivity index (χ3n) is 6.56. The van der Waals surface area contributed by atoms with Crippen molar-refractivity contribution in [3.8, 4) is 10.4 Å². The summed E-state index contributed by atoms with van der Waals surface area (Å²) >= 11 is 1.58. The molecule has 38 heavy (non-hydrogen) atoms. The molecule has 1 saturated heterocycles. The summed E-state index contributed by atoms with van der Waals surface area (Å²) in [6, 6.07) is 5.86. The molecule has 1 fully saturated rings. The Morgan fingerprint density at radius 1 is 1.24 bits per heavy atom. The van der Waals surface area contributed by atoms with Crippen molar-refractivity contribution in [2.75, 3.05) is 26.3 Å². The van der Waals surface area contributed by atoms with E-state index in [1.807, 2.05) is 64.4 Å². The molecule has 0 saturated carbocycles. The zero-order valence-electron chi connectivity index (χ0n) is 22.7. The minimum absolute atomic E-state index is 0.0142. The second-order valence-corrected chi connectivity index (χ2v) is 11.6. The maximum Gasteiger partial charge on any atom is 0.246 e. The predicted molar refractivity (Wildman–Crippen MR) is 146 cm³/mol. The molecule has 11 heteroatoms. The van der Waals surface area contributed by atoms with Crippen LogP contribution in [0.4, 0.5) is 0 Å². The first kappa shape index (κ1) is 29.7. The maximum atomic E-state index is 13.6. The number of aliphatic hydroxyl groups is 1. The van der Waals surface area contributed by atoms with Gasteiger partial charge in [0.25, 0.3) is 0 Å². The number of carbonyl (C=O) groups is 3. The second-order valence-electron chi connectivity index (χ2n) is 10.7. The molecule has 5 N–H and O–H groups in total. The van der Waals surface area contributed by atoms with Crippen molar-refractivity contribution >= 4 is 29.1 Å². The lowest BCUT2D eigenvalue weighted by Gasteiger charge is -2.35. The number of aliphatic hydroxyl groups excluding tert-OH is 1. The summed E-state index contributed by atoms with van der Waals surface area (Å²) in [7, 11) is 0. The van der Waals surface area contributed by atoms with E-state index in [9.17, 15) is 19.5 Å². The summed E-state index contributed by atoms with van der Waals surface area (Å²) in [4.78, 5) is 46.1. The summed E-state index contributed by atoms with van der Waals surface area (Å²) in [5.74, 6) is -1.22. The molecule has 208 valence electrons. The molecule has 0 aliphatic carbocycles. The SMILES string of the molecule is Cc1ncsc1-c1ccc([C@H](C)NC(=O)[C@@H]2C[C@@H](O)CN2C(=O)[C@@H](NC(=O)COCCN)C(C)(C)C)cc1. The summed E-state index contributed by atoms with van der Waals surface area (Å²) in [6.07, 6.45) is -0.714. The fourth-order valence-electron chi connectivity index (χ4n) is 4.47. The lowest BCUT2D eigenvalue weighted by molar-refractivity contribution is -0.144. The molecule has 0 unspecified atom stereocenters. The molecule has 0 spiro atoms. The number of hydrogen-bond acceptors (Lipinski definition) is 8. The van der Waals surface area contributed by atoms with Crippen molar-refractivity contribution in [1.29, 1.82) is 0 Å². The number of aromatic nitrogens is 1. The van der Waals surface area contributed by atoms with E-state index in [-0.39, 0.29) is 44.7 Å². The van der Waals surface area contributed by atoms with Crippen LogP contribution in [0.15, 0.2) is 29.8 Å². The van der Waals surface area contributed by atoms with Crippen LogP contribution in [0.2, 0.25) is 0 Å². The van der Waals surface area contributed by atoms with E-state index in [4.69, 9.17) is 10.5 Å². The minimum Gasteiger partial charge on any atom is -0.391 e. The van der Waals surface area contributed by atoms with Gasteiger partial charge in [0.2, 0.25) is 17.7 Å². The van der Waals surface area contributed by atoms with Crippen LogP contribution < -0.4 is 16.4 Å². The van der Waals surface area contributed by atoms with Gasteiger partial charge in [-0.15, -0.1) is 11.3 Å². The molecule has 3 rings (SSSR count). The van der Waals surface area contributed by atoms with Gasteiger partial charge in [0.15, 0.2) is 0 Å². The lowest BCUT2D eigenvalue weighted by atomic mass is 9.85. The van der Waals surface area contributed by atoms with E-state index in [2.05, 4.69) is 15.6 Å². The van der Waals surface area contributed by atoms with Crippen LogP contribution in [0, 0.1) is 12.3 Å². The van der Waals surface area contributed by atoms with Gasteiger partial charge in [-0.2, -0.15) is 0 Å². The number of nitrogens with one attached hydrogen (secondary N) is 2. The highest BCUT2D eigenvalue weighted by molar-refractivity contribution is 7.13. The van der Waals surface area contributed by atoms with E-state index in [0.29, 0.717) is 0 Å². The van der Waals surface area contributed by atoms with Crippen LogP contribution in [0.3, 0.4) is 0 Å².